The van der Waals surface area contributed by atoms with Gasteiger partial charge in [-0.2, -0.15) is 0 Å². The lowest BCUT2D eigenvalue weighted by molar-refractivity contribution is -0.131. The van der Waals surface area contributed by atoms with Crippen molar-refractivity contribution < 1.29 is 14.4 Å². The van der Waals surface area contributed by atoms with Crippen molar-refractivity contribution in [2.45, 2.75) is 63.6 Å². The summed E-state index contributed by atoms with van der Waals surface area (Å²) < 4.78 is 0. The van der Waals surface area contributed by atoms with Crippen LogP contribution < -0.4 is 20.9 Å². The Morgan fingerprint density at radius 3 is 2.47 bits per heavy atom. The first-order valence-corrected chi connectivity index (χ1v) is 12.1. The second-order valence-electron chi connectivity index (χ2n) is 9.16. The first-order valence-electron chi connectivity index (χ1n) is 12.1. The maximum absolute atomic E-state index is 14.1. The topological polar surface area (TPSA) is 103 Å². The van der Waals surface area contributed by atoms with Gasteiger partial charge in [0, 0.05) is 18.3 Å². The summed E-state index contributed by atoms with van der Waals surface area (Å²) in [6, 6.07) is 11.0. The van der Waals surface area contributed by atoms with E-state index in [4.69, 9.17) is 0 Å². The van der Waals surface area contributed by atoms with Gasteiger partial charge in [-0.05, 0) is 56.5 Å². The molecule has 2 aromatic rings. The van der Waals surface area contributed by atoms with E-state index in [1.54, 1.807) is 20.2 Å². The number of carbonyl (C=O) groups is 3. The van der Waals surface area contributed by atoms with Crippen molar-refractivity contribution in [1.82, 2.24) is 15.6 Å². The number of aromatic nitrogens is 1. The molecule has 8 heteroatoms. The predicted molar refractivity (Wildman–Crippen MR) is 131 cm³/mol. The average Bonchev–Trinajstić information content (AvgIpc) is 3.27. The maximum Gasteiger partial charge on any atom is 0.251 e. The summed E-state index contributed by atoms with van der Waals surface area (Å²) in [4.78, 5) is 46.2. The number of hydrogen-bond donors (Lipinski definition) is 3. The molecule has 180 valence electrons. The molecule has 1 aromatic heterocycles. The molecule has 2 unspecified atom stereocenters. The molecule has 0 bridgehead atoms. The van der Waals surface area contributed by atoms with Crippen molar-refractivity contribution in [1.29, 1.82) is 0 Å². The highest BCUT2D eigenvalue weighted by Crippen LogP contribution is 2.34. The Bertz CT molecular complexity index is 1020. The van der Waals surface area contributed by atoms with Crippen LogP contribution in [0.3, 0.4) is 0 Å². The number of para-hydroxylation sites is 1. The zero-order valence-electron chi connectivity index (χ0n) is 19.8. The SMILES string of the molecule is CNC(C)C(=O)NC(C(=O)N1c2ncccc2C[C@H]1C(=O)Nc1ccccc1)C1CCCCC1. The second-order valence-corrected chi connectivity index (χ2v) is 9.16. The number of amides is 3. The molecule has 1 aromatic carbocycles. The van der Waals surface area contributed by atoms with Crippen LogP contribution in [0.5, 0.6) is 0 Å². The molecule has 2 aliphatic rings. The Morgan fingerprint density at radius 1 is 1.03 bits per heavy atom. The molecule has 34 heavy (non-hydrogen) atoms. The standard InChI is InChI=1S/C26H33N5O3/c1-17(27-2)24(32)30-22(18-10-5-3-6-11-18)26(34)31-21(16-19-12-9-15-28-23(19)31)25(33)29-20-13-7-4-8-14-20/h4,7-9,12-15,17-18,21-22,27H,3,5-6,10-11,16H2,1-2H3,(H,29,33)(H,30,32)/t17?,21-,22?/m0/s1. The number of likely N-dealkylation sites (N-methyl/N-ethyl adjacent to an activating group) is 1. The van der Waals surface area contributed by atoms with E-state index in [-0.39, 0.29) is 23.6 Å². The quantitative estimate of drug-likeness (QED) is 0.586. The molecule has 3 amide bonds. The van der Waals surface area contributed by atoms with Crippen molar-refractivity contribution in [3.05, 3.63) is 54.2 Å². The third-order valence-corrected chi connectivity index (χ3v) is 6.91. The van der Waals surface area contributed by atoms with Gasteiger partial charge in [0.25, 0.3) is 5.91 Å². The molecule has 1 aliphatic heterocycles. The summed E-state index contributed by atoms with van der Waals surface area (Å²) in [6.45, 7) is 1.76. The van der Waals surface area contributed by atoms with Gasteiger partial charge < -0.3 is 16.0 Å². The van der Waals surface area contributed by atoms with Gasteiger partial charge in [-0.1, -0.05) is 43.5 Å². The van der Waals surface area contributed by atoms with Gasteiger partial charge in [-0.3, -0.25) is 19.3 Å². The molecule has 2 heterocycles. The van der Waals surface area contributed by atoms with Crippen molar-refractivity contribution in [3.8, 4) is 0 Å². The third kappa shape index (κ3) is 5.12. The number of benzene rings is 1. The van der Waals surface area contributed by atoms with E-state index < -0.39 is 18.1 Å². The number of fused-ring (bicyclic) bond motifs is 1. The van der Waals surface area contributed by atoms with Crippen molar-refractivity contribution in [3.63, 3.8) is 0 Å². The van der Waals surface area contributed by atoms with E-state index in [2.05, 4.69) is 20.9 Å². The largest absolute Gasteiger partial charge is 0.343 e. The highest BCUT2D eigenvalue weighted by atomic mass is 16.2. The highest BCUT2D eigenvalue weighted by molar-refractivity contribution is 6.09. The number of rotatable bonds is 7. The first kappa shape index (κ1) is 23.9. The third-order valence-electron chi connectivity index (χ3n) is 6.91. The Kier molecular flexibility index (Phi) is 7.57. The molecule has 8 nitrogen and oxygen atoms in total. The van der Waals surface area contributed by atoms with E-state index in [0.29, 0.717) is 17.9 Å². The monoisotopic (exact) mass is 463 g/mol. The number of nitrogens with zero attached hydrogens (tertiary/aromatic N) is 2. The fourth-order valence-electron chi connectivity index (χ4n) is 4.88. The van der Waals surface area contributed by atoms with E-state index >= 15 is 0 Å². The zero-order valence-corrected chi connectivity index (χ0v) is 19.8. The second kappa shape index (κ2) is 10.8. The lowest BCUT2D eigenvalue weighted by Gasteiger charge is -2.35. The summed E-state index contributed by atoms with van der Waals surface area (Å²) in [6.07, 6.45) is 6.94. The lowest BCUT2D eigenvalue weighted by atomic mass is 9.83. The van der Waals surface area contributed by atoms with Gasteiger partial charge in [-0.15, -0.1) is 0 Å². The molecule has 0 saturated heterocycles. The smallest absolute Gasteiger partial charge is 0.251 e. The van der Waals surface area contributed by atoms with Crippen LogP contribution in [0.4, 0.5) is 11.5 Å². The summed E-state index contributed by atoms with van der Waals surface area (Å²) in [5.74, 6) is -0.237. The maximum atomic E-state index is 14.1. The molecule has 4 rings (SSSR count). The molecule has 0 spiro atoms. The van der Waals surface area contributed by atoms with Crippen molar-refractivity contribution in [2.75, 3.05) is 17.3 Å². The van der Waals surface area contributed by atoms with Crippen LogP contribution in [0.15, 0.2) is 48.7 Å². The van der Waals surface area contributed by atoms with Crippen LogP contribution in [0, 0.1) is 5.92 Å². The summed E-state index contributed by atoms with van der Waals surface area (Å²) in [5, 5.41) is 8.87. The van der Waals surface area contributed by atoms with Crippen LogP contribution in [0.25, 0.3) is 0 Å². The highest BCUT2D eigenvalue weighted by Gasteiger charge is 2.44. The molecule has 1 aliphatic carbocycles. The summed E-state index contributed by atoms with van der Waals surface area (Å²) >= 11 is 0. The van der Waals surface area contributed by atoms with Gasteiger partial charge >= 0.3 is 0 Å². The number of hydrogen-bond acceptors (Lipinski definition) is 5. The van der Waals surface area contributed by atoms with Gasteiger partial charge in [0.2, 0.25) is 11.8 Å². The Hall–Kier alpha value is -3.26. The van der Waals surface area contributed by atoms with Crippen LogP contribution in [-0.4, -0.2) is 47.9 Å². The van der Waals surface area contributed by atoms with Crippen LogP contribution in [0.1, 0.15) is 44.6 Å². The normalized spacial score (nSPS) is 19.7. The zero-order chi connectivity index (χ0) is 24.1. The van der Waals surface area contributed by atoms with Crippen LogP contribution in [0.2, 0.25) is 0 Å². The molecule has 3 atom stereocenters. The Morgan fingerprint density at radius 2 is 1.76 bits per heavy atom. The molecule has 3 N–H and O–H groups in total. The lowest BCUT2D eigenvalue weighted by Crippen LogP contribution is -2.58. The number of anilines is 2. The molecule has 0 radical (unpaired) electrons. The van der Waals surface area contributed by atoms with Crippen molar-refractivity contribution in [2.24, 2.45) is 5.92 Å². The predicted octanol–water partition coefficient (Wildman–Crippen LogP) is 2.65. The Balaban J connectivity index is 1.64. The number of nitrogens with one attached hydrogen (secondary N) is 3. The Labute approximate surface area is 200 Å². The van der Waals surface area contributed by atoms with E-state index in [1.807, 2.05) is 42.5 Å². The number of pyridine rings is 1. The van der Waals surface area contributed by atoms with Gasteiger partial charge in [0.15, 0.2) is 0 Å². The summed E-state index contributed by atoms with van der Waals surface area (Å²) in [7, 11) is 1.71. The van der Waals surface area contributed by atoms with Crippen molar-refractivity contribution >= 4 is 29.2 Å². The summed E-state index contributed by atoms with van der Waals surface area (Å²) in [5.41, 5.74) is 1.52. The van der Waals surface area contributed by atoms with Crippen LogP contribution >= 0.6 is 0 Å². The van der Waals surface area contributed by atoms with Crippen LogP contribution in [-0.2, 0) is 20.8 Å². The first-order chi connectivity index (χ1) is 16.5. The van der Waals surface area contributed by atoms with E-state index in [1.165, 1.54) is 4.90 Å². The van der Waals surface area contributed by atoms with Gasteiger partial charge in [-0.25, -0.2) is 4.98 Å². The minimum absolute atomic E-state index is 0.0276. The van der Waals surface area contributed by atoms with E-state index in [0.717, 1.165) is 37.7 Å². The molecular formula is C26H33N5O3. The van der Waals surface area contributed by atoms with E-state index in [9.17, 15) is 14.4 Å². The molecule has 1 saturated carbocycles. The minimum atomic E-state index is -0.734. The average molecular weight is 464 g/mol. The fourth-order valence-corrected chi connectivity index (χ4v) is 4.88. The minimum Gasteiger partial charge on any atom is -0.343 e. The van der Waals surface area contributed by atoms with Gasteiger partial charge in [0.1, 0.15) is 17.9 Å². The molecule has 1 fully saturated rings. The number of carbonyl (C=O) groups excluding carboxylic acids is 3. The fraction of sp³-hybridized carbons (Fsp3) is 0.462. The van der Waals surface area contributed by atoms with Gasteiger partial charge in [0.05, 0.1) is 6.04 Å². The molecular weight excluding hydrogens is 430 g/mol.